The van der Waals surface area contributed by atoms with Gasteiger partial charge in [0.1, 0.15) is 5.82 Å². The number of benzene rings is 1. The first-order valence-corrected chi connectivity index (χ1v) is 8.96. The number of rotatable bonds is 5. The first-order chi connectivity index (χ1) is 9.99. The second-order valence-electron chi connectivity index (χ2n) is 6.24. The second kappa shape index (κ2) is 5.66. The SMILES string of the molecule is NCc1ccc(F)cc1S(=O)(=O)NCC1CC2CCC1C2. The molecule has 21 heavy (non-hydrogen) atoms. The molecule has 0 heterocycles. The van der Waals surface area contributed by atoms with E-state index in [1.165, 1.54) is 31.4 Å². The standard InChI is InChI=1S/C15H21FN2O2S/c16-14-4-3-12(8-17)15(7-14)21(19,20)18-9-13-6-10-1-2-11(13)5-10/h3-4,7,10-11,13,18H,1-2,5-6,8-9,17H2. The average molecular weight is 312 g/mol. The van der Waals surface area contributed by atoms with Gasteiger partial charge in [-0.05, 0) is 54.7 Å². The molecule has 3 N–H and O–H groups in total. The van der Waals surface area contributed by atoms with Crippen molar-refractivity contribution >= 4 is 10.0 Å². The molecule has 0 amide bonds. The maximum atomic E-state index is 13.3. The number of hydrogen-bond donors (Lipinski definition) is 2. The molecular weight excluding hydrogens is 291 g/mol. The van der Waals surface area contributed by atoms with Gasteiger partial charge in [-0.15, -0.1) is 0 Å². The maximum absolute atomic E-state index is 13.3. The number of nitrogens with two attached hydrogens (primary N) is 1. The highest BCUT2D eigenvalue weighted by molar-refractivity contribution is 7.89. The average Bonchev–Trinajstić information content (AvgIpc) is 3.08. The Morgan fingerprint density at radius 2 is 2.10 bits per heavy atom. The molecule has 2 saturated carbocycles. The lowest BCUT2D eigenvalue weighted by Crippen LogP contribution is -2.32. The van der Waals surface area contributed by atoms with E-state index >= 15 is 0 Å². The van der Waals surface area contributed by atoms with Gasteiger partial charge in [0.15, 0.2) is 0 Å². The second-order valence-corrected chi connectivity index (χ2v) is 7.98. The predicted molar refractivity (Wildman–Crippen MR) is 78.4 cm³/mol. The van der Waals surface area contributed by atoms with Gasteiger partial charge in [0.05, 0.1) is 4.90 Å². The molecule has 2 fully saturated rings. The largest absolute Gasteiger partial charge is 0.326 e. The Morgan fingerprint density at radius 3 is 2.71 bits per heavy atom. The quantitative estimate of drug-likeness (QED) is 0.873. The van der Waals surface area contributed by atoms with Crippen LogP contribution in [0.2, 0.25) is 0 Å². The Balaban J connectivity index is 1.73. The van der Waals surface area contributed by atoms with Crippen LogP contribution in [-0.4, -0.2) is 15.0 Å². The third-order valence-corrected chi connectivity index (χ3v) is 6.46. The molecule has 1 aromatic carbocycles. The van der Waals surface area contributed by atoms with Crippen molar-refractivity contribution in [2.45, 2.75) is 37.1 Å². The van der Waals surface area contributed by atoms with Crippen LogP contribution in [0.15, 0.2) is 23.1 Å². The molecule has 1 aromatic rings. The Kier molecular flexibility index (Phi) is 4.03. The molecular formula is C15H21FN2O2S. The fraction of sp³-hybridized carbons (Fsp3) is 0.600. The van der Waals surface area contributed by atoms with Crippen LogP contribution in [0.25, 0.3) is 0 Å². The summed E-state index contributed by atoms with van der Waals surface area (Å²) >= 11 is 0. The molecule has 0 saturated heterocycles. The first kappa shape index (κ1) is 14.9. The fourth-order valence-electron chi connectivity index (χ4n) is 3.87. The molecule has 0 aromatic heterocycles. The van der Waals surface area contributed by atoms with Crippen molar-refractivity contribution in [3.8, 4) is 0 Å². The lowest BCUT2D eigenvalue weighted by atomic mass is 9.89. The number of sulfonamides is 1. The minimum absolute atomic E-state index is 0.0341. The number of hydrogen-bond acceptors (Lipinski definition) is 3. The summed E-state index contributed by atoms with van der Waals surface area (Å²) in [5.74, 6) is 1.29. The molecule has 2 aliphatic carbocycles. The van der Waals surface area contributed by atoms with Crippen LogP contribution in [0, 0.1) is 23.6 Å². The maximum Gasteiger partial charge on any atom is 0.241 e. The summed E-state index contributed by atoms with van der Waals surface area (Å²) in [5, 5.41) is 0. The molecule has 2 aliphatic rings. The van der Waals surface area contributed by atoms with Gasteiger partial charge in [0.25, 0.3) is 0 Å². The topological polar surface area (TPSA) is 72.2 Å². The van der Waals surface area contributed by atoms with E-state index in [0.717, 1.165) is 18.4 Å². The summed E-state index contributed by atoms with van der Waals surface area (Å²) < 4.78 is 40.8. The Morgan fingerprint density at radius 1 is 1.29 bits per heavy atom. The third-order valence-electron chi connectivity index (χ3n) is 4.96. The molecule has 3 atom stereocenters. The van der Waals surface area contributed by atoms with Crippen molar-refractivity contribution in [2.75, 3.05) is 6.54 Å². The van der Waals surface area contributed by atoms with Crippen LogP contribution in [-0.2, 0) is 16.6 Å². The molecule has 3 unspecified atom stereocenters. The zero-order valence-electron chi connectivity index (χ0n) is 11.9. The lowest BCUT2D eigenvalue weighted by molar-refractivity contribution is 0.332. The van der Waals surface area contributed by atoms with E-state index in [0.29, 0.717) is 23.9 Å². The van der Waals surface area contributed by atoms with E-state index in [-0.39, 0.29) is 11.4 Å². The zero-order chi connectivity index (χ0) is 15.0. The summed E-state index contributed by atoms with van der Waals surface area (Å²) in [4.78, 5) is -0.0341. The van der Waals surface area contributed by atoms with E-state index in [1.807, 2.05) is 0 Å². The van der Waals surface area contributed by atoms with Gasteiger partial charge in [-0.3, -0.25) is 0 Å². The molecule has 0 radical (unpaired) electrons. The van der Waals surface area contributed by atoms with Gasteiger partial charge in [0.2, 0.25) is 10.0 Å². The van der Waals surface area contributed by atoms with Crippen LogP contribution in [0.3, 0.4) is 0 Å². The molecule has 116 valence electrons. The summed E-state index contributed by atoms with van der Waals surface area (Å²) in [7, 11) is -3.70. The van der Waals surface area contributed by atoms with Gasteiger partial charge >= 0.3 is 0 Å². The van der Waals surface area contributed by atoms with Crippen molar-refractivity contribution in [3.05, 3.63) is 29.6 Å². The minimum Gasteiger partial charge on any atom is -0.326 e. The fourth-order valence-corrected chi connectivity index (χ4v) is 5.22. The summed E-state index contributed by atoms with van der Waals surface area (Å²) in [6, 6.07) is 3.71. The van der Waals surface area contributed by atoms with Gasteiger partial charge in [0, 0.05) is 13.1 Å². The van der Waals surface area contributed by atoms with Crippen LogP contribution < -0.4 is 10.5 Å². The van der Waals surface area contributed by atoms with Crippen LogP contribution in [0.5, 0.6) is 0 Å². The molecule has 0 aliphatic heterocycles. The van der Waals surface area contributed by atoms with Crippen molar-refractivity contribution in [1.29, 1.82) is 0 Å². The van der Waals surface area contributed by atoms with E-state index in [2.05, 4.69) is 4.72 Å². The van der Waals surface area contributed by atoms with Crippen LogP contribution in [0.4, 0.5) is 4.39 Å². The predicted octanol–water partition coefficient (Wildman–Crippen LogP) is 2.00. The van der Waals surface area contributed by atoms with Crippen molar-refractivity contribution in [1.82, 2.24) is 4.72 Å². The molecule has 6 heteroatoms. The first-order valence-electron chi connectivity index (χ1n) is 7.48. The molecule has 3 rings (SSSR count). The zero-order valence-corrected chi connectivity index (χ0v) is 12.7. The Hall–Kier alpha value is -0.980. The minimum atomic E-state index is -3.70. The lowest BCUT2D eigenvalue weighted by Gasteiger charge is -2.22. The van der Waals surface area contributed by atoms with E-state index in [9.17, 15) is 12.8 Å². The van der Waals surface area contributed by atoms with Crippen molar-refractivity contribution < 1.29 is 12.8 Å². The summed E-state index contributed by atoms with van der Waals surface area (Å²) in [5.41, 5.74) is 5.99. The summed E-state index contributed by atoms with van der Waals surface area (Å²) in [6.07, 6.45) is 4.85. The molecule has 0 spiro atoms. The van der Waals surface area contributed by atoms with Gasteiger partial charge < -0.3 is 5.73 Å². The normalized spacial score (nSPS) is 28.2. The highest BCUT2D eigenvalue weighted by atomic mass is 32.2. The van der Waals surface area contributed by atoms with Gasteiger partial charge in [-0.25, -0.2) is 17.5 Å². The van der Waals surface area contributed by atoms with Gasteiger partial charge in [-0.2, -0.15) is 0 Å². The number of halogens is 1. The van der Waals surface area contributed by atoms with E-state index in [4.69, 9.17) is 5.73 Å². The number of nitrogens with one attached hydrogen (secondary N) is 1. The smallest absolute Gasteiger partial charge is 0.241 e. The number of fused-ring (bicyclic) bond motifs is 2. The highest BCUT2D eigenvalue weighted by Crippen LogP contribution is 2.48. The Labute approximate surface area is 125 Å². The van der Waals surface area contributed by atoms with E-state index in [1.54, 1.807) is 0 Å². The van der Waals surface area contributed by atoms with Gasteiger partial charge in [-0.1, -0.05) is 12.5 Å². The third kappa shape index (κ3) is 2.98. The monoisotopic (exact) mass is 312 g/mol. The summed E-state index contributed by atoms with van der Waals surface area (Å²) in [6.45, 7) is 0.522. The van der Waals surface area contributed by atoms with Crippen molar-refractivity contribution in [2.24, 2.45) is 23.5 Å². The highest BCUT2D eigenvalue weighted by Gasteiger charge is 2.39. The molecule has 4 nitrogen and oxygen atoms in total. The molecule has 2 bridgehead atoms. The van der Waals surface area contributed by atoms with E-state index < -0.39 is 15.8 Å². The van der Waals surface area contributed by atoms with Crippen LogP contribution in [0.1, 0.15) is 31.2 Å². The van der Waals surface area contributed by atoms with Crippen molar-refractivity contribution in [3.63, 3.8) is 0 Å². The Bertz CT molecular complexity index is 633. The van der Waals surface area contributed by atoms with Crippen LogP contribution >= 0.6 is 0 Å².